The van der Waals surface area contributed by atoms with Gasteiger partial charge in [-0.05, 0) is 47.5 Å². The SMILES string of the molecule is COc1ccc(Cc2cnn(-c3ccc(C(F)(F)F)cc3)c2)cc1. The second-order valence-electron chi connectivity index (χ2n) is 5.36. The molecule has 24 heavy (non-hydrogen) atoms. The van der Waals surface area contributed by atoms with Crippen LogP contribution in [0.1, 0.15) is 16.7 Å². The number of alkyl halides is 3. The third-order valence-electron chi connectivity index (χ3n) is 3.66. The first-order chi connectivity index (χ1) is 11.5. The van der Waals surface area contributed by atoms with Crippen LogP contribution in [0.25, 0.3) is 5.69 Å². The molecular formula is C18H15F3N2O. The van der Waals surface area contributed by atoms with Crippen molar-refractivity contribution in [2.75, 3.05) is 7.11 Å². The molecule has 0 saturated carbocycles. The van der Waals surface area contributed by atoms with Gasteiger partial charge < -0.3 is 4.74 Å². The van der Waals surface area contributed by atoms with E-state index in [9.17, 15) is 13.2 Å². The lowest BCUT2D eigenvalue weighted by molar-refractivity contribution is -0.137. The summed E-state index contributed by atoms with van der Waals surface area (Å²) in [5, 5.41) is 4.22. The maximum atomic E-state index is 12.6. The lowest BCUT2D eigenvalue weighted by atomic mass is 10.1. The van der Waals surface area contributed by atoms with Crippen LogP contribution in [0.4, 0.5) is 13.2 Å². The average Bonchev–Trinajstić information content (AvgIpc) is 3.03. The van der Waals surface area contributed by atoms with Gasteiger partial charge in [-0.1, -0.05) is 12.1 Å². The minimum atomic E-state index is -4.33. The molecule has 0 bridgehead atoms. The van der Waals surface area contributed by atoms with Gasteiger partial charge in [0.05, 0.1) is 24.6 Å². The van der Waals surface area contributed by atoms with Gasteiger partial charge in [-0.25, -0.2) is 4.68 Å². The minimum absolute atomic E-state index is 0.587. The van der Waals surface area contributed by atoms with Crippen molar-refractivity contribution in [3.63, 3.8) is 0 Å². The molecular weight excluding hydrogens is 317 g/mol. The average molecular weight is 332 g/mol. The second kappa shape index (κ2) is 6.39. The van der Waals surface area contributed by atoms with Crippen LogP contribution < -0.4 is 4.74 Å². The molecule has 0 aliphatic carbocycles. The maximum absolute atomic E-state index is 12.6. The Labute approximate surface area is 137 Å². The molecule has 0 aliphatic rings. The summed E-state index contributed by atoms with van der Waals surface area (Å²) in [6.07, 6.45) is -0.123. The van der Waals surface area contributed by atoms with E-state index in [1.54, 1.807) is 18.0 Å². The van der Waals surface area contributed by atoms with Crippen molar-refractivity contribution in [3.05, 3.63) is 77.6 Å². The number of halogens is 3. The van der Waals surface area contributed by atoms with Crippen molar-refractivity contribution in [1.82, 2.24) is 9.78 Å². The zero-order chi connectivity index (χ0) is 17.2. The van der Waals surface area contributed by atoms with Gasteiger partial charge in [-0.2, -0.15) is 18.3 Å². The standard InChI is InChI=1S/C18H15F3N2O/c1-24-17-8-2-13(3-9-17)10-14-11-22-23(12-14)16-6-4-15(5-7-16)18(19,20)21/h2-9,11-12H,10H2,1H3. The van der Waals surface area contributed by atoms with Crippen molar-refractivity contribution in [2.45, 2.75) is 12.6 Å². The number of rotatable bonds is 4. The Bertz CT molecular complexity index is 806. The fourth-order valence-corrected chi connectivity index (χ4v) is 2.37. The quantitative estimate of drug-likeness (QED) is 0.704. The third kappa shape index (κ3) is 3.59. The van der Waals surface area contributed by atoms with Crippen LogP contribution in [0.15, 0.2) is 60.9 Å². The second-order valence-corrected chi connectivity index (χ2v) is 5.36. The molecule has 0 unspecified atom stereocenters. The molecule has 3 rings (SSSR count). The molecule has 0 atom stereocenters. The molecule has 1 aromatic heterocycles. The lowest BCUT2D eigenvalue weighted by Crippen LogP contribution is -2.05. The van der Waals surface area contributed by atoms with E-state index in [2.05, 4.69) is 5.10 Å². The fraction of sp³-hybridized carbons (Fsp3) is 0.167. The molecule has 0 aliphatic heterocycles. The van der Waals surface area contributed by atoms with Gasteiger partial charge in [0.15, 0.2) is 0 Å². The number of benzene rings is 2. The predicted octanol–water partition coefficient (Wildman–Crippen LogP) is 4.49. The Hall–Kier alpha value is -2.76. The van der Waals surface area contributed by atoms with Crippen LogP contribution >= 0.6 is 0 Å². The summed E-state index contributed by atoms with van der Waals surface area (Å²) < 4.78 is 44.5. The van der Waals surface area contributed by atoms with Crippen LogP contribution in [0.2, 0.25) is 0 Å². The number of hydrogen-bond acceptors (Lipinski definition) is 2. The smallest absolute Gasteiger partial charge is 0.416 e. The van der Waals surface area contributed by atoms with Gasteiger partial charge in [0.2, 0.25) is 0 Å². The van der Waals surface area contributed by atoms with E-state index in [0.717, 1.165) is 29.0 Å². The van der Waals surface area contributed by atoms with Crippen LogP contribution in [0, 0.1) is 0 Å². The minimum Gasteiger partial charge on any atom is -0.497 e. The summed E-state index contributed by atoms with van der Waals surface area (Å²) in [7, 11) is 1.61. The Morgan fingerprint density at radius 2 is 1.62 bits per heavy atom. The van der Waals surface area contributed by atoms with E-state index in [1.165, 1.54) is 12.1 Å². The summed E-state index contributed by atoms with van der Waals surface area (Å²) in [5.41, 5.74) is 1.99. The summed E-state index contributed by atoms with van der Waals surface area (Å²) in [4.78, 5) is 0. The monoisotopic (exact) mass is 332 g/mol. The molecule has 0 spiro atoms. The molecule has 0 saturated heterocycles. The third-order valence-corrected chi connectivity index (χ3v) is 3.66. The largest absolute Gasteiger partial charge is 0.497 e. The summed E-state index contributed by atoms with van der Waals surface area (Å²) >= 11 is 0. The van der Waals surface area contributed by atoms with E-state index >= 15 is 0 Å². The number of hydrogen-bond donors (Lipinski definition) is 0. The zero-order valence-corrected chi connectivity index (χ0v) is 12.9. The van der Waals surface area contributed by atoms with Crippen molar-refractivity contribution in [3.8, 4) is 11.4 Å². The molecule has 3 aromatic rings. The highest BCUT2D eigenvalue weighted by Crippen LogP contribution is 2.29. The number of ether oxygens (including phenoxy) is 1. The molecule has 0 amide bonds. The van der Waals surface area contributed by atoms with E-state index in [1.807, 2.05) is 30.5 Å². The van der Waals surface area contributed by atoms with Crippen molar-refractivity contribution < 1.29 is 17.9 Å². The highest BCUT2D eigenvalue weighted by atomic mass is 19.4. The summed E-state index contributed by atoms with van der Waals surface area (Å²) in [6, 6.07) is 12.6. The van der Waals surface area contributed by atoms with Crippen molar-refractivity contribution >= 4 is 0 Å². The molecule has 6 heteroatoms. The van der Waals surface area contributed by atoms with Crippen LogP contribution in [-0.4, -0.2) is 16.9 Å². The molecule has 0 N–H and O–H groups in total. The fourth-order valence-electron chi connectivity index (χ4n) is 2.37. The van der Waals surface area contributed by atoms with E-state index in [0.29, 0.717) is 12.1 Å². The van der Waals surface area contributed by atoms with Crippen LogP contribution in [0.5, 0.6) is 5.75 Å². The van der Waals surface area contributed by atoms with E-state index in [-0.39, 0.29) is 0 Å². The molecule has 3 nitrogen and oxygen atoms in total. The highest BCUT2D eigenvalue weighted by molar-refractivity contribution is 5.36. The van der Waals surface area contributed by atoms with Crippen molar-refractivity contribution in [1.29, 1.82) is 0 Å². The first kappa shape index (κ1) is 16.1. The first-order valence-electron chi connectivity index (χ1n) is 7.30. The summed E-state index contributed by atoms with van der Waals surface area (Å²) in [5.74, 6) is 0.791. The lowest BCUT2D eigenvalue weighted by Gasteiger charge is -2.07. The first-order valence-corrected chi connectivity index (χ1v) is 7.30. The number of aromatic nitrogens is 2. The molecule has 124 valence electrons. The van der Waals surface area contributed by atoms with Crippen LogP contribution in [-0.2, 0) is 12.6 Å². The Morgan fingerprint density at radius 3 is 2.21 bits per heavy atom. The Morgan fingerprint density at radius 1 is 0.958 bits per heavy atom. The normalized spacial score (nSPS) is 11.5. The van der Waals surface area contributed by atoms with E-state index < -0.39 is 11.7 Å². The zero-order valence-electron chi connectivity index (χ0n) is 12.9. The predicted molar refractivity (Wildman–Crippen MR) is 84.4 cm³/mol. The van der Waals surface area contributed by atoms with E-state index in [4.69, 9.17) is 4.74 Å². The van der Waals surface area contributed by atoms with Gasteiger partial charge in [0.25, 0.3) is 0 Å². The molecule has 0 fully saturated rings. The van der Waals surface area contributed by atoms with Gasteiger partial charge in [-0.3, -0.25) is 0 Å². The Kier molecular flexibility index (Phi) is 4.29. The Balaban J connectivity index is 1.75. The van der Waals surface area contributed by atoms with Gasteiger partial charge in [-0.15, -0.1) is 0 Å². The molecule has 2 aromatic carbocycles. The van der Waals surface area contributed by atoms with Crippen molar-refractivity contribution in [2.24, 2.45) is 0 Å². The van der Waals surface area contributed by atoms with Gasteiger partial charge in [0.1, 0.15) is 5.75 Å². The maximum Gasteiger partial charge on any atom is 0.416 e. The molecule has 1 heterocycles. The highest BCUT2D eigenvalue weighted by Gasteiger charge is 2.30. The summed E-state index contributed by atoms with van der Waals surface area (Å²) in [6.45, 7) is 0. The molecule has 0 radical (unpaired) electrons. The number of methoxy groups -OCH3 is 1. The van der Waals surface area contributed by atoms with Gasteiger partial charge in [0, 0.05) is 12.6 Å². The van der Waals surface area contributed by atoms with Gasteiger partial charge >= 0.3 is 6.18 Å². The van der Waals surface area contributed by atoms with Crippen LogP contribution in [0.3, 0.4) is 0 Å². The number of nitrogens with zero attached hydrogens (tertiary/aromatic N) is 2. The topological polar surface area (TPSA) is 27.1 Å².